The summed E-state index contributed by atoms with van der Waals surface area (Å²) in [5.41, 5.74) is 1.00. The van der Waals surface area contributed by atoms with Gasteiger partial charge >= 0.3 is 0 Å². The van der Waals surface area contributed by atoms with E-state index in [1.54, 1.807) is 7.11 Å². The van der Waals surface area contributed by atoms with E-state index >= 15 is 0 Å². The standard InChI is InChI=1S/C15H15BrClNO2/c1-18-9-10-7-11(17)3-5-14(10)20-15-6-4-12(19-2)8-13(15)16/h3-8,18H,9H2,1-2H3. The summed E-state index contributed by atoms with van der Waals surface area (Å²) >= 11 is 9.49. The van der Waals surface area contributed by atoms with Crippen molar-refractivity contribution in [2.75, 3.05) is 14.2 Å². The van der Waals surface area contributed by atoms with E-state index in [1.165, 1.54) is 0 Å². The number of hydrogen-bond acceptors (Lipinski definition) is 3. The zero-order valence-corrected chi connectivity index (χ0v) is 13.6. The number of nitrogens with one attached hydrogen (secondary N) is 1. The summed E-state index contributed by atoms with van der Waals surface area (Å²) in [6, 6.07) is 11.2. The van der Waals surface area contributed by atoms with Crippen molar-refractivity contribution in [1.82, 2.24) is 5.32 Å². The van der Waals surface area contributed by atoms with Gasteiger partial charge in [0.2, 0.25) is 0 Å². The van der Waals surface area contributed by atoms with Gasteiger partial charge in [-0.1, -0.05) is 11.6 Å². The summed E-state index contributed by atoms with van der Waals surface area (Å²) in [6.45, 7) is 0.684. The van der Waals surface area contributed by atoms with Crippen molar-refractivity contribution in [1.29, 1.82) is 0 Å². The molecule has 0 aliphatic rings. The van der Waals surface area contributed by atoms with Crippen molar-refractivity contribution in [2.24, 2.45) is 0 Å². The van der Waals surface area contributed by atoms with Gasteiger partial charge in [0.25, 0.3) is 0 Å². The molecule has 0 spiro atoms. The van der Waals surface area contributed by atoms with Crippen LogP contribution < -0.4 is 14.8 Å². The van der Waals surface area contributed by atoms with E-state index in [1.807, 2.05) is 43.4 Å². The first-order chi connectivity index (χ1) is 9.63. The van der Waals surface area contributed by atoms with Crippen molar-refractivity contribution < 1.29 is 9.47 Å². The van der Waals surface area contributed by atoms with E-state index in [4.69, 9.17) is 21.1 Å². The molecule has 5 heteroatoms. The highest BCUT2D eigenvalue weighted by atomic mass is 79.9. The monoisotopic (exact) mass is 355 g/mol. The van der Waals surface area contributed by atoms with Crippen LogP contribution in [0.25, 0.3) is 0 Å². The molecule has 2 rings (SSSR count). The van der Waals surface area contributed by atoms with Crippen molar-refractivity contribution in [3.05, 3.63) is 51.5 Å². The van der Waals surface area contributed by atoms with E-state index < -0.39 is 0 Å². The van der Waals surface area contributed by atoms with Gasteiger partial charge in [0.1, 0.15) is 17.2 Å². The molecule has 106 valence electrons. The molecule has 0 amide bonds. The minimum Gasteiger partial charge on any atom is -0.497 e. The van der Waals surface area contributed by atoms with Gasteiger partial charge in [0, 0.05) is 17.1 Å². The highest BCUT2D eigenvalue weighted by molar-refractivity contribution is 9.10. The van der Waals surface area contributed by atoms with E-state index in [0.29, 0.717) is 11.6 Å². The van der Waals surface area contributed by atoms with Gasteiger partial charge in [-0.25, -0.2) is 0 Å². The molecular formula is C15H15BrClNO2. The molecule has 1 N–H and O–H groups in total. The largest absolute Gasteiger partial charge is 0.497 e. The van der Waals surface area contributed by atoms with Gasteiger partial charge in [-0.05, 0) is 59.4 Å². The molecule has 0 radical (unpaired) electrons. The minimum atomic E-state index is 0.684. The number of methoxy groups -OCH3 is 1. The molecule has 20 heavy (non-hydrogen) atoms. The molecule has 0 saturated carbocycles. The molecule has 0 saturated heterocycles. The van der Waals surface area contributed by atoms with Crippen LogP contribution in [-0.4, -0.2) is 14.2 Å². The van der Waals surface area contributed by atoms with Crippen LogP contribution in [0.1, 0.15) is 5.56 Å². The first-order valence-corrected chi connectivity index (χ1v) is 7.25. The van der Waals surface area contributed by atoms with Crippen LogP contribution in [0.2, 0.25) is 5.02 Å². The van der Waals surface area contributed by atoms with Crippen LogP contribution in [0, 0.1) is 0 Å². The Labute approximate surface area is 132 Å². The molecule has 0 heterocycles. The fraction of sp³-hybridized carbons (Fsp3) is 0.200. The van der Waals surface area contributed by atoms with E-state index in [0.717, 1.165) is 27.3 Å². The van der Waals surface area contributed by atoms with Crippen LogP contribution in [0.3, 0.4) is 0 Å². The Morgan fingerprint density at radius 3 is 2.55 bits per heavy atom. The average Bonchev–Trinajstić information content (AvgIpc) is 2.44. The summed E-state index contributed by atoms with van der Waals surface area (Å²) in [4.78, 5) is 0. The van der Waals surface area contributed by atoms with Gasteiger partial charge in [0.15, 0.2) is 0 Å². The Morgan fingerprint density at radius 2 is 1.90 bits per heavy atom. The quantitative estimate of drug-likeness (QED) is 0.848. The number of hydrogen-bond donors (Lipinski definition) is 1. The lowest BCUT2D eigenvalue weighted by atomic mass is 10.2. The Bertz CT molecular complexity index is 604. The molecule has 0 unspecified atom stereocenters. The smallest absolute Gasteiger partial charge is 0.141 e. The second kappa shape index (κ2) is 6.97. The van der Waals surface area contributed by atoms with Crippen LogP contribution in [0.15, 0.2) is 40.9 Å². The normalized spacial score (nSPS) is 10.4. The maximum Gasteiger partial charge on any atom is 0.141 e. The number of benzene rings is 2. The van der Waals surface area contributed by atoms with Gasteiger partial charge in [-0.15, -0.1) is 0 Å². The summed E-state index contributed by atoms with van der Waals surface area (Å²) in [5, 5.41) is 3.79. The maximum absolute atomic E-state index is 6.02. The van der Waals surface area contributed by atoms with Crippen LogP contribution in [0.4, 0.5) is 0 Å². The summed E-state index contributed by atoms with van der Waals surface area (Å²) in [6.07, 6.45) is 0. The van der Waals surface area contributed by atoms with Gasteiger partial charge in [0.05, 0.1) is 11.6 Å². The first-order valence-electron chi connectivity index (χ1n) is 6.08. The SMILES string of the molecule is CNCc1cc(Cl)ccc1Oc1ccc(OC)cc1Br. The van der Waals surface area contributed by atoms with E-state index in [9.17, 15) is 0 Å². The molecule has 2 aromatic rings. The summed E-state index contributed by atoms with van der Waals surface area (Å²) in [7, 11) is 3.51. The minimum absolute atomic E-state index is 0.684. The highest BCUT2D eigenvalue weighted by Gasteiger charge is 2.09. The van der Waals surface area contributed by atoms with Gasteiger partial charge < -0.3 is 14.8 Å². The van der Waals surface area contributed by atoms with Crippen molar-refractivity contribution in [2.45, 2.75) is 6.54 Å². The predicted molar refractivity (Wildman–Crippen MR) is 85.0 cm³/mol. The highest BCUT2D eigenvalue weighted by Crippen LogP contribution is 2.34. The number of ether oxygens (including phenoxy) is 2. The Morgan fingerprint density at radius 1 is 1.15 bits per heavy atom. The topological polar surface area (TPSA) is 30.5 Å². The molecule has 0 atom stereocenters. The maximum atomic E-state index is 6.02. The molecule has 2 aromatic carbocycles. The van der Waals surface area contributed by atoms with Crippen LogP contribution >= 0.6 is 27.5 Å². The van der Waals surface area contributed by atoms with Crippen LogP contribution in [0.5, 0.6) is 17.2 Å². The summed E-state index contributed by atoms with van der Waals surface area (Å²) in [5.74, 6) is 2.27. The molecule has 0 bridgehead atoms. The second-order valence-electron chi connectivity index (χ2n) is 4.18. The van der Waals surface area contributed by atoms with E-state index in [-0.39, 0.29) is 0 Å². The predicted octanol–water partition coefficient (Wildman–Crippen LogP) is 4.62. The summed E-state index contributed by atoms with van der Waals surface area (Å²) < 4.78 is 11.9. The fourth-order valence-electron chi connectivity index (χ4n) is 1.79. The average molecular weight is 357 g/mol. The third-order valence-corrected chi connectivity index (χ3v) is 3.60. The van der Waals surface area contributed by atoms with E-state index in [2.05, 4.69) is 21.2 Å². The lowest BCUT2D eigenvalue weighted by Gasteiger charge is -2.13. The molecule has 0 aliphatic carbocycles. The Kier molecular flexibility index (Phi) is 5.29. The van der Waals surface area contributed by atoms with Crippen molar-refractivity contribution in [3.63, 3.8) is 0 Å². The third kappa shape index (κ3) is 3.66. The lowest BCUT2D eigenvalue weighted by molar-refractivity contribution is 0.412. The van der Waals surface area contributed by atoms with Gasteiger partial charge in [-0.3, -0.25) is 0 Å². The zero-order valence-electron chi connectivity index (χ0n) is 11.2. The van der Waals surface area contributed by atoms with Crippen LogP contribution in [-0.2, 0) is 6.54 Å². The Hall–Kier alpha value is -1.23. The molecular weight excluding hydrogens is 342 g/mol. The third-order valence-electron chi connectivity index (χ3n) is 2.75. The van der Waals surface area contributed by atoms with Crippen molar-refractivity contribution >= 4 is 27.5 Å². The first kappa shape index (κ1) is 15.2. The van der Waals surface area contributed by atoms with Gasteiger partial charge in [-0.2, -0.15) is 0 Å². The molecule has 0 aromatic heterocycles. The zero-order chi connectivity index (χ0) is 14.5. The van der Waals surface area contributed by atoms with Crippen molar-refractivity contribution in [3.8, 4) is 17.2 Å². The lowest BCUT2D eigenvalue weighted by Crippen LogP contribution is -2.06. The second-order valence-corrected chi connectivity index (χ2v) is 5.47. The molecule has 0 aliphatic heterocycles. The molecule has 3 nitrogen and oxygen atoms in total. The number of rotatable bonds is 5. The number of halogens is 2. The fourth-order valence-corrected chi connectivity index (χ4v) is 2.42. The molecule has 0 fully saturated rings. The Balaban J connectivity index is 2.29.